The van der Waals surface area contributed by atoms with Gasteiger partial charge in [0, 0.05) is 11.8 Å². The summed E-state index contributed by atoms with van der Waals surface area (Å²) in [5, 5.41) is 39.5. The predicted molar refractivity (Wildman–Crippen MR) is 110 cm³/mol. The maximum absolute atomic E-state index is 12.5. The molecule has 4 aliphatic rings. The highest BCUT2D eigenvalue weighted by Crippen LogP contribution is 2.59. The molecule has 1 aliphatic heterocycles. The first kappa shape index (κ1) is 21.3. The van der Waals surface area contributed by atoms with Crippen molar-refractivity contribution in [1.82, 2.24) is 0 Å². The molecule has 0 bridgehead atoms. The maximum atomic E-state index is 12.5. The third-order valence-electron chi connectivity index (χ3n) is 8.51. The lowest BCUT2D eigenvalue weighted by Gasteiger charge is -2.48. The molecule has 0 amide bonds. The van der Waals surface area contributed by atoms with Gasteiger partial charge in [0.25, 0.3) is 0 Å². The first-order chi connectivity index (χ1) is 14.8. The number of fused-ring (bicyclic) bond motifs is 5. The molecule has 1 saturated heterocycles. The zero-order valence-electron chi connectivity index (χ0n) is 17.8. The SMILES string of the molecule is C[C@]12CC[C@@H]3c4ccc(O[C@@H]5O[C@H](CO)[C@@H](O)[C@H](O)[C@H]5O)cc4CC[C@H]3[C@@H]1CCC2=O. The van der Waals surface area contributed by atoms with Crippen LogP contribution in [-0.2, 0) is 16.0 Å². The van der Waals surface area contributed by atoms with Crippen molar-refractivity contribution in [3.63, 3.8) is 0 Å². The number of aryl methyl sites for hydroxylation is 1. The molecule has 9 atom stereocenters. The maximum Gasteiger partial charge on any atom is 0.229 e. The summed E-state index contributed by atoms with van der Waals surface area (Å²) in [6, 6.07) is 5.92. The van der Waals surface area contributed by atoms with E-state index in [2.05, 4.69) is 13.0 Å². The van der Waals surface area contributed by atoms with E-state index in [4.69, 9.17) is 9.47 Å². The number of aliphatic hydroxyl groups is 4. The molecule has 1 aromatic carbocycles. The Morgan fingerprint density at radius 2 is 1.90 bits per heavy atom. The van der Waals surface area contributed by atoms with E-state index in [-0.39, 0.29) is 5.41 Å². The van der Waals surface area contributed by atoms with Gasteiger partial charge in [0.2, 0.25) is 6.29 Å². The summed E-state index contributed by atoms with van der Waals surface area (Å²) < 4.78 is 11.3. The minimum Gasteiger partial charge on any atom is -0.462 e. The second-order valence-electron chi connectivity index (χ2n) is 10.0. The lowest BCUT2D eigenvalue weighted by molar-refractivity contribution is -0.277. The Kier molecular flexibility index (Phi) is 5.38. The molecule has 1 heterocycles. The number of rotatable bonds is 3. The molecule has 0 radical (unpaired) electrons. The van der Waals surface area contributed by atoms with E-state index in [1.807, 2.05) is 12.1 Å². The molecular formula is C24H32O7. The van der Waals surface area contributed by atoms with Crippen LogP contribution in [0.5, 0.6) is 5.75 Å². The standard InChI is InChI=1S/C24H32O7/c1-24-9-8-15-14-5-3-13(30-23-22(29)21(28)20(27)18(11-25)31-23)10-12(14)2-4-16(15)17(24)6-7-19(24)26/h3,5,10,15-18,20-23,25,27-29H,2,4,6-9,11H2,1H3/t15-,16-,17+,18-,20-,21+,22-,23-,24+/m1/s1. The fourth-order valence-electron chi connectivity index (χ4n) is 6.70. The van der Waals surface area contributed by atoms with Crippen molar-refractivity contribution in [3.05, 3.63) is 29.3 Å². The second-order valence-corrected chi connectivity index (χ2v) is 10.0. The second kappa shape index (κ2) is 7.81. The van der Waals surface area contributed by atoms with Gasteiger partial charge >= 0.3 is 0 Å². The molecule has 0 unspecified atom stereocenters. The molecule has 170 valence electrons. The molecule has 1 aromatic rings. The van der Waals surface area contributed by atoms with Gasteiger partial charge in [0.15, 0.2) is 0 Å². The Bertz CT molecular complexity index is 854. The van der Waals surface area contributed by atoms with Gasteiger partial charge in [0.05, 0.1) is 6.61 Å². The monoisotopic (exact) mass is 432 g/mol. The van der Waals surface area contributed by atoms with Crippen LogP contribution in [0.3, 0.4) is 0 Å². The third kappa shape index (κ3) is 3.33. The number of hydrogen-bond acceptors (Lipinski definition) is 7. The summed E-state index contributed by atoms with van der Waals surface area (Å²) >= 11 is 0. The number of carbonyl (C=O) groups excluding carboxylic acids is 1. The average Bonchev–Trinajstić information content (AvgIpc) is 3.08. The average molecular weight is 433 g/mol. The van der Waals surface area contributed by atoms with Crippen LogP contribution in [-0.4, -0.2) is 63.5 Å². The predicted octanol–water partition coefficient (Wildman–Crippen LogP) is 1.29. The van der Waals surface area contributed by atoms with Gasteiger partial charge in [-0.3, -0.25) is 4.79 Å². The van der Waals surface area contributed by atoms with Crippen LogP contribution in [0.15, 0.2) is 18.2 Å². The molecule has 7 nitrogen and oxygen atoms in total. The fourth-order valence-corrected chi connectivity index (χ4v) is 6.70. The first-order valence-electron chi connectivity index (χ1n) is 11.5. The van der Waals surface area contributed by atoms with Crippen LogP contribution in [0, 0.1) is 17.3 Å². The minimum atomic E-state index is -1.46. The molecule has 5 rings (SSSR count). The zero-order chi connectivity index (χ0) is 21.9. The number of hydrogen-bond donors (Lipinski definition) is 4. The molecule has 0 spiro atoms. The molecule has 0 aromatic heterocycles. The van der Waals surface area contributed by atoms with Crippen molar-refractivity contribution in [2.75, 3.05) is 6.61 Å². The Hall–Kier alpha value is -1.51. The van der Waals surface area contributed by atoms with E-state index in [0.29, 0.717) is 29.3 Å². The Morgan fingerprint density at radius 1 is 1.10 bits per heavy atom. The van der Waals surface area contributed by atoms with Crippen molar-refractivity contribution in [2.45, 2.75) is 82.1 Å². The molecule has 2 saturated carbocycles. The summed E-state index contributed by atoms with van der Waals surface area (Å²) in [5.74, 6) is 2.48. The number of ether oxygens (including phenoxy) is 2. The lowest BCUT2D eigenvalue weighted by atomic mass is 9.55. The molecule has 3 aliphatic carbocycles. The topological polar surface area (TPSA) is 116 Å². The Balaban J connectivity index is 1.34. The Morgan fingerprint density at radius 3 is 2.68 bits per heavy atom. The quantitative estimate of drug-likeness (QED) is 0.569. The molecule has 4 N–H and O–H groups in total. The highest BCUT2D eigenvalue weighted by molar-refractivity contribution is 5.87. The van der Waals surface area contributed by atoms with Gasteiger partial charge in [-0.2, -0.15) is 0 Å². The van der Waals surface area contributed by atoms with E-state index < -0.39 is 37.3 Å². The lowest BCUT2D eigenvalue weighted by Crippen LogP contribution is -2.60. The Labute approximate surface area is 182 Å². The fraction of sp³-hybridized carbons (Fsp3) is 0.708. The van der Waals surface area contributed by atoms with Crippen molar-refractivity contribution in [1.29, 1.82) is 0 Å². The largest absolute Gasteiger partial charge is 0.462 e. The number of aliphatic hydroxyl groups excluding tert-OH is 4. The van der Waals surface area contributed by atoms with E-state index in [0.717, 1.165) is 38.5 Å². The first-order valence-corrected chi connectivity index (χ1v) is 11.5. The number of Topliss-reactive ketones (excluding diaryl/α,β-unsaturated/α-hetero) is 1. The van der Waals surface area contributed by atoms with Gasteiger partial charge in [-0.25, -0.2) is 0 Å². The van der Waals surface area contributed by atoms with Gasteiger partial charge in [0.1, 0.15) is 35.9 Å². The highest BCUT2D eigenvalue weighted by atomic mass is 16.7. The summed E-state index contributed by atoms with van der Waals surface area (Å²) in [4.78, 5) is 12.5. The summed E-state index contributed by atoms with van der Waals surface area (Å²) in [5.41, 5.74) is 2.42. The summed E-state index contributed by atoms with van der Waals surface area (Å²) in [7, 11) is 0. The number of ketones is 1. The van der Waals surface area contributed by atoms with Gasteiger partial charge in [-0.1, -0.05) is 13.0 Å². The van der Waals surface area contributed by atoms with Crippen LogP contribution in [0.1, 0.15) is 56.1 Å². The smallest absolute Gasteiger partial charge is 0.229 e. The molecule has 3 fully saturated rings. The van der Waals surface area contributed by atoms with Crippen molar-refractivity contribution in [2.24, 2.45) is 17.3 Å². The molecule has 31 heavy (non-hydrogen) atoms. The van der Waals surface area contributed by atoms with E-state index in [1.54, 1.807) is 0 Å². The third-order valence-corrected chi connectivity index (χ3v) is 8.51. The summed E-state index contributed by atoms with van der Waals surface area (Å²) in [6.45, 7) is 1.69. The number of carbonyl (C=O) groups is 1. The van der Waals surface area contributed by atoms with Crippen molar-refractivity contribution in [3.8, 4) is 5.75 Å². The van der Waals surface area contributed by atoms with Crippen LogP contribution in [0.4, 0.5) is 0 Å². The summed E-state index contributed by atoms with van der Waals surface area (Å²) in [6.07, 6.45) is -0.736. The van der Waals surface area contributed by atoms with Crippen LogP contribution in [0.2, 0.25) is 0 Å². The van der Waals surface area contributed by atoms with Gasteiger partial charge < -0.3 is 29.9 Å². The number of benzene rings is 1. The zero-order valence-corrected chi connectivity index (χ0v) is 17.8. The van der Waals surface area contributed by atoms with Crippen molar-refractivity contribution >= 4 is 5.78 Å². The highest BCUT2D eigenvalue weighted by Gasteiger charge is 2.54. The van der Waals surface area contributed by atoms with E-state index >= 15 is 0 Å². The molecular weight excluding hydrogens is 400 g/mol. The van der Waals surface area contributed by atoms with Crippen molar-refractivity contribution < 1.29 is 34.7 Å². The minimum absolute atomic E-state index is 0.134. The van der Waals surface area contributed by atoms with Gasteiger partial charge in [-0.05, 0) is 73.1 Å². The normalized spacial score (nSPS) is 44.4. The van der Waals surface area contributed by atoms with Gasteiger partial charge in [-0.15, -0.1) is 0 Å². The van der Waals surface area contributed by atoms with E-state index in [1.165, 1.54) is 11.1 Å². The molecule has 7 heteroatoms. The van der Waals surface area contributed by atoms with Crippen LogP contribution < -0.4 is 4.74 Å². The van der Waals surface area contributed by atoms with Crippen LogP contribution >= 0.6 is 0 Å². The van der Waals surface area contributed by atoms with E-state index in [9.17, 15) is 25.2 Å². The van der Waals surface area contributed by atoms with Crippen LogP contribution in [0.25, 0.3) is 0 Å².